The second-order valence-electron chi connectivity index (χ2n) is 5.12. The molecule has 2 amide bonds. The highest BCUT2D eigenvalue weighted by Crippen LogP contribution is 2.34. The van der Waals surface area contributed by atoms with Crippen LogP contribution < -0.4 is 10.6 Å². The van der Waals surface area contributed by atoms with E-state index in [0.717, 1.165) is 12.8 Å². The molecule has 0 saturated heterocycles. The van der Waals surface area contributed by atoms with E-state index in [9.17, 15) is 9.59 Å². The SMILES string of the molecule is CCCC1CC1NC(=O)Nc1ccc(C(C)=O)cc1. The number of nitrogens with one attached hydrogen (secondary N) is 2. The molecule has 0 aromatic heterocycles. The molecule has 2 unspecified atom stereocenters. The minimum absolute atomic E-state index is 0.0244. The third-order valence-corrected chi connectivity index (χ3v) is 3.45. The third kappa shape index (κ3) is 3.81. The average Bonchev–Trinajstić information content (AvgIpc) is 3.08. The van der Waals surface area contributed by atoms with Crippen LogP contribution in [-0.4, -0.2) is 17.9 Å². The molecule has 0 bridgehead atoms. The van der Waals surface area contributed by atoms with Crippen molar-refractivity contribution in [2.45, 2.75) is 39.2 Å². The van der Waals surface area contributed by atoms with Gasteiger partial charge in [0.1, 0.15) is 0 Å². The molecule has 1 fully saturated rings. The van der Waals surface area contributed by atoms with Gasteiger partial charge in [0.25, 0.3) is 0 Å². The van der Waals surface area contributed by atoms with Gasteiger partial charge in [0.15, 0.2) is 5.78 Å². The fourth-order valence-electron chi connectivity index (χ4n) is 2.24. The molecule has 102 valence electrons. The summed E-state index contributed by atoms with van der Waals surface area (Å²) in [4.78, 5) is 22.9. The molecule has 19 heavy (non-hydrogen) atoms. The van der Waals surface area contributed by atoms with Crippen molar-refractivity contribution >= 4 is 17.5 Å². The lowest BCUT2D eigenvalue weighted by atomic mass is 10.1. The molecule has 0 aliphatic heterocycles. The molecule has 2 rings (SSSR count). The Morgan fingerprint density at radius 3 is 2.53 bits per heavy atom. The molecule has 4 heteroatoms. The lowest BCUT2D eigenvalue weighted by Gasteiger charge is -2.07. The zero-order valence-electron chi connectivity index (χ0n) is 11.4. The van der Waals surface area contributed by atoms with E-state index in [1.165, 1.54) is 13.3 Å². The Kier molecular flexibility index (Phi) is 4.20. The van der Waals surface area contributed by atoms with Crippen LogP contribution in [0.4, 0.5) is 10.5 Å². The molecule has 0 radical (unpaired) electrons. The van der Waals surface area contributed by atoms with Gasteiger partial charge in [-0.05, 0) is 49.9 Å². The van der Waals surface area contributed by atoms with Crippen LogP contribution in [0.5, 0.6) is 0 Å². The second kappa shape index (κ2) is 5.87. The Balaban J connectivity index is 1.81. The summed E-state index contributed by atoms with van der Waals surface area (Å²) in [5.41, 5.74) is 1.35. The number of rotatable bonds is 5. The zero-order chi connectivity index (χ0) is 13.8. The monoisotopic (exact) mass is 260 g/mol. The molecule has 2 atom stereocenters. The van der Waals surface area contributed by atoms with Gasteiger partial charge in [-0.1, -0.05) is 13.3 Å². The Morgan fingerprint density at radius 2 is 1.95 bits per heavy atom. The molecular formula is C15H20N2O2. The number of Topliss-reactive ketones (excluding diaryl/α,β-unsaturated/α-hetero) is 1. The van der Waals surface area contributed by atoms with Crippen LogP contribution in [-0.2, 0) is 0 Å². The number of amides is 2. The summed E-state index contributed by atoms with van der Waals surface area (Å²) in [6.07, 6.45) is 3.43. The molecule has 1 aliphatic rings. The highest BCUT2D eigenvalue weighted by molar-refractivity contribution is 5.95. The summed E-state index contributed by atoms with van der Waals surface area (Å²) in [6, 6.07) is 7.08. The van der Waals surface area contributed by atoms with Crippen molar-refractivity contribution in [3.63, 3.8) is 0 Å². The molecule has 2 N–H and O–H groups in total. The Morgan fingerprint density at radius 1 is 1.26 bits per heavy atom. The molecule has 1 aromatic rings. The predicted octanol–water partition coefficient (Wildman–Crippen LogP) is 3.20. The summed E-state index contributed by atoms with van der Waals surface area (Å²) in [6.45, 7) is 3.68. The van der Waals surface area contributed by atoms with E-state index in [1.807, 2.05) is 0 Å². The van der Waals surface area contributed by atoms with E-state index in [1.54, 1.807) is 24.3 Å². The largest absolute Gasteiger partial charge is 0.335 e. The molecule has 0 heterocycles. The average molecular weight is 260 g/mol. The van der Waals surface area contributed by atoms with Gasteiger partial charge in [0.2, 0.25) is 0 Å². The van der Waals surface area contributed by atoms with Crippen LogP contribution in [0, 0.1) is 5.92 Å². The Bertz CT molecular complexity index is 468. The topological polar surface area (TPSA) is 58.2 Å². The number of anilines is 1. The minimum atomic E-state index is -0.167. The van der Waals surface area contributed by atoms with Crippen molar-refractivity contribution < 1.29 is 9.59 Å². The van der Waals surface area contributed by atoms with Crippen LogP contribution in [0.15, 0.2) is 24.3 Å². The first-order chi connectivity index (χ1) is 9.10. The van der Waals surface area contributed by atoms with Gasteiger partial charge in [-0.15, -0.1) is 0 Å². The normalized spacial score (nSPS) is 20.7. The molecule has 4 nitrogen and oxygen atoms in total. The standard InChI is InChI=1S/C15H20N2O2/c1-3-4-12-9-14(12)17-15(19)16-13-7-5-11(6-8-13)10(2)18/h5-8,12,14H,3-4,9H2,1-2H3,(H2,16,17,19). The number of urea groups is 1. The lowest BCUT2D eigenvalue weighted by Crippen LogP contribution is -2.31. The van der Waals surface area contributed by atoms with Crippen LogP contribution in [0.25, 0.3) is 0 Å². The van der Waals surface area contributed by atoms with E-state index in [2.05, 4.69) is 17.6 Å². The van der Waals surface area contributed by atoms with Crippen LogP contribution in [0.3, 0.4) is 0 Å². The van der Waals surface area contributed by atoms with E-state index in [-0.39, 0.29) is 11.8 Å². The van der Waals surface area contributed by atoms with Crippen molar-refractivity contribution in [1.82, 2.24) is 5.32 Å². The maximum Gasteiger partial charge on any atom is 0.319 e. The fourth-order valence-corrected chi connectivity index (χ4v) is 2.24. The highest BCUT2D eigenvalue weighted by atomic mass is 16.2. The minimum Gasteiger partial charge on any atom is -0.335 e. The maximum atomic E-state index is 11.7. The van der Waals surface area contributed by atoms with Crippen molar-refractivity contribution in [2.75, 3.05) is 5.32 Å². The lowest BCUT2D eigenvalue weighted by molar-refractivity contribution is 0.101. The molecule has 0 spiro atoms. The van der Waals surface area contributed by atoms with E-state index in [0.29, 0.717) is 23.2 Å². The fraction of sp³-hybridized carbons (Fsp3) is 0.467. The number of benzene rings is 1. The van der Waals surface area contributed by atoms with Crippen molar-refractivity contribution in [2.24, 2.45) is 5.92 Å². The van der Waals surface area contributed by atoms with Gasteiger partial charge in [-0.2, -0.15) is 0 Å². The van der Waals surface area contributed by atoms with Crippen LogP contribution >= 0.6 is 0 Å². The van der Waals surface area contributed by atoms with Gasteiger partial charge in [0.05, 0.1) is 0 Å². The van der Waals surface area contributed by atoms with Crippen LogP contribution in [0.2, 0.25) is 0 Å². The number of hydrogen-bond acceptors (Lipinski definition) is 2. The number of carbonyl (C=O) groups is 2. The smallest absolute Gasteiger partial charge is 0.319 e. The summed E-state index contributed by atoms with van der Waals surface area (Å²) in [5.74, 6) is 0.673. The van der Waals surface area contributed by atoms with Crippen molar-refractivity contribution in [3.8, 4) is 0 Å². The second-order valence-corrected chi connectivity index (χ2v) is 5.12. The highest BCUT2D eigenvalue weighted by Gasteiger charge is 2.37. The summed E-state index contributed by atoms with van der Waals surface area (Å²) in [7, 11) is 0. The van der Waals surface area contributed by atoms with Gasteiger partial charge in [0, 0.05) is 17.3 Å². The Labute approximate surface area is 113 Å². The molecule has 1 saturated carbocycles. The van der Waals surface area contributed by atoms with Gasteiger partial charge in [-0.25, -0.2) is 4.79 Å². The van der Waals surface area contributed by atoms with Gasteiger partial charge < -0.3 is 10.6 Å². The molecular weight excluding hydrogens is 240 g/mol. The number of ketones is 1. The first kappa shape index (κ1) is 13.6. The predicted molar refractivity (Wildman–Crippen MR) is 75.4 cm³/mol. The van der Waals surface area contributed by atoms with Crippen molar-refractivity contribution in [1.29, 1.82) is 0 Å². The Hall–Kier alpha value is -1.84. The van der Waals surface area contributed by atoms with Gasteiger partial charge >= 0.3 is 6.03 Å². The van der Waals surface area contributed by atoms with E-state index < -0.39 is 0 Å². The quantitative estimate of drug-likeness (QED) is 0.799. The first-order valence-electron chi connectivity index (χ1n) is 6.78. The summed E-state index contributed by atoms with van der Waals surface area (Å²) in [5, 5.41) is 5.74. The third-order valence-electron chi connectivity index (χ3n) is 3.45. The molecule has 1 aliphatic carbocycles. The van der Waals surface area contributed by atoms with E-state index in [4.69, 9.17) is 0 Å². The summed E-state index contributed by atoms with van der Waals surface area (Å²) < 4.78 is 0. The van der Waals surface area contributed by atoms with Crippen LogP contribution in [0.1, 0.15) is 43.5 Å². The zero-order valence-corrected chi connectivity index (χ0v) is 11.4. The van der Waals surface area contributed by atoms with E-state index >= 15 is 0 Å². The number of hydrogen-bond donors (Lipinski definition) is 2. The van der Waals surface area contributed by atoms with Gasteiger partial charge in [-0.3, -0.25) is 4.79 Å². The maximum absolute atomic E-state index is 11.7. The first-order valence-corrected chi connectivity index (χ1v) is 6.78. The summed E-state index contributed by atoms with van der Waals surface area (Å²) >= 11 is 0. The molecule has 1 aromatic carbocycles. The van der Waals surface area contributed by atoms with Crippen molar-refractivity contribution in [3.05, 3.63) is 29.8 Å². The number of carbonyl (C=O) groups excluding carboxylic acids is 2.